The smallest absolute Gasteiger partial charge is 0.354 e. The quantitative estimate of drug-likeness (QED) is 0.800. The molecule has 20 heavy (non-hydrogen) atoms. The van der Waals surface area contributed by atoms with Crippen LogP contribution in [0.25, 0.3) is 0 Å². The van der Waals surface area contributed by atoms with Gasteiger partial charge in [-0.2, -0.15) is 0 Å². The molecule has 1 aromatic carbocycles. The zero-order valence-electron chi connectivity index (χ0n) is 11.3. The van der Waals surface area contributed by atoms with Crippen LogP contribution in [0.4, 0.5) is 5.69 Å². The van der Waals surface area contributed by atoms with E-state index in [1.54, 1.807) is 19.9 Å². The first-order valence-corrected chi connectivity index (χ1v) is 6.27. The van der Waals surface area contributed by atoms with Gasteiger partial charge in [-0.1, -0.05) is 30.3 Å². The van der Waals surface area contributed by atoms with E-state index in [1.807, 2.05) is 30.3 Å². The summed E-state index contributed by atoms with van der Waals surface area (Å²) in [7, 11) is 0. The van der Waals surface area contributed by atoms with E-state index in [0.29, 0.717) is 11.4 Å². The average Bonchev–Trinajstić information content (AvgIpc) is 2.80. The highest BCUT2D eigenvalue weighted by Gasteiger charge is 2.19. The lowest BCUT2D eigenvalue weighted by Crippen LogP contribution is -2.20. The van der Waals surface area contributed by atoms with E-state index in [1.165, 1.54) is 0 Å². The molecule has 0 saturated heterocycles. The molecule has 3 N–H and O–H groups in total. The summed E-state index contributed by atoms with van der Waals surface area (Å²) < 4.78 is 0. The Morgan fingerprint density at radius 2 is 1.90 bits per heavy atom. The Balaban J connectivity index is 2.18. The third-order valence-corrected chi connectivity index (χ3v) is 3.12. The van der Waals surface area contributed by atoms with Crippen LogP contribution >= 0.6 is 0 Å². The Morgan fingerprint density at radius 3 is 2.50 bits per heavy atom. The van der Waals surface area contributed by atoms with Gasteiger partial charge in [0.15, 0.2) is 0 Å². The molecule has 0 bridgehead atoms. The molecule has 104 valence electrons. The molecule has 0 spiro atoms. The molecule has 1 heterocycles. The van der Waals surface area contributed by atoms with Crippen molar-refractivity contribution < 1.29 is 14.7 Å². The first-order chi connectivity index (χ1) is 9.49. The molecule has 5 nitrogen and oxygen atoms in total. The van der Waals surface area contributed by atoms with Gasteiger partial charge in [0.1, 0.15) is 5.69 Å². The highest BCUT2D eigenvalue weighted by Crippen LogP contribution is 2.21. The molecular weight excluding hydrogens is 256 g/mol. The summed E-state index contributed by atoms with van der Waals surface area (Å²) in [4.78, 5) is 26.0. The molecule has 1 aromatic heterocycles. The summed E-state index contributed by atoms with van der Waals surface area (Å²) in [5.41, 5.74) is 1.86. The van der Waals surface area contributed by atoms with Crippen LogP contribution in [0, 0.1) is 6.92 Å². The van der Waals surface area contributed by atoms with Crippen LogP contribution in [-0.2, 0) is 4.79 Å². The third-order valence-electron chi connectivity index (χ3n) is 3.12. The van der Waals surface area contributed by atoms with Crippen molar-refractivity contribution in [3.05, 3.63) is 53.3 Å². The highest BCUT2D eigenvalue weighted by atomic mass is 16.4. The molecule has 0 aliphatic rings. The zero-order valence-corrected chi connectivity index (χ0v) is 11.3. The van der Waals surface area contributed by atoms with Crippen molar-refractivity contribution in [2.75, 3.05) is 5.32 Å². The number of aryl methyl sites for hydroxylation is 1. The number of rotatable bonds is 4. The molecular formula is C15H16N2O3. The summed E-state index contributed by atoms with van der Waals surface area (Å²) >= 11 is 0. The van der Waals surface area contributed by atoms with Crippen molar-refractivity contribution in [2.24, 2.45) is 0 Å². The number of aromatic carboxylic acids is 1. The number of aromatic amines is 1. The maximum absolute atomic E-state index is 12.2. The monoisotopic (exact) mass is 272 g/mol. The first-order valence-electron chi connectivity index (χ1n) is 6.27. The minimum atomic E-state index is -1.10. The van der Waals surface area contributed by atoms with Crippen molar-refractivity contribution in [3.8, 4) is 0 Å². The van der Waals surface area contributed by atoms with Crippen LogP contribution in [0.5, 0.6) is 0 Å². The molecule has 0 aliphatic carbocycles. The van der Waals surface area contributed by atoms with Gasteiger partial charge in [0, 0.05) is 5.69 Å². The van der Waals surface area contributed by atoms with Crippen LogP contribution < -0.4 is 5.32 Å². The molecule has 0 fully saturated rings. The number of carboxylic acid groups (broad SMARTS) is 1. The van der Waals surface area contributed by atoms with Gasteiger partial charge in [-0.3, -0.25) is 4.79 Å². The van der Waals surface area contributed by atoms with E-state index in [4.69, 9.17) is 5.11 Å². The van der Waals surface area contributed by atoms with Gasteiger partial charge in [-0.05, 0) is 25.5 Å². The third kappa shape index (κ3) is 2.88. The normalized spacial score (nSPS) is 11.9. The van der Waals surface area contributed by atoms with E-state index in [0.717, 1.165) is 5.56 Å². The fourth-order valence-electron chi connectivity index (χ4n) is 1.99. The second-order valence-electron chi connectivity index (χ2n) is 4.67. The summed E-state index contributed by atoms with van der Waals surface area (Å²) in [6, 6.07) is 10.9. The highest BCUT2D eigenvalue weighted by molar-refractivity contribution is 6.01. The second-order valence-corrected chi connectivity index (χ2v) is 4.67. The van der Waals surface area contributed by atoms with Gasteiger partial charge in [-0.15, -0.1) is 0 Å². The van der Waals surface area contributed by atoms with Crippen LogP contribution in [0.1, 0.15) is 34.6 Å². The molecule has 5 heteroatoms. The van der Waals surface area contributed by atoms with E-state index >= 15 is 0 Å². The molecule has 1 amide bonds. The number of H-pyrrole nitrogens is 1. The van der Waals surface area contributed by atoms with E-state index in [2.05, 4.69) is 10.3 Å². The number of carbonyl (C=O) groups is 2. The van der Waals surface area contributed by atoms with Gasteiger partial charge >= 0.3 is 5.97 Å². The number of hydrogen-bond donors (Lipinski definition) is 3. The lowest BCUT2D eigenvalue weighted by molar-refractivity contribution is -0.117. The van der Waals surface area contributed by atoms with E-state index in [-0.39, 0.29) is 17.5 Å². The lowest BCUT2D eigenvalue weighted by atomic mass is 10.0. The summed E-state index contributed by atoms with van der Waals surface area (Å²) in [5, 5.41) is 11.7. The Labute approximate surface area is 116 Å². The van der Waals surface area contributed by atoms with Gasteiger partial charge in [0.25, 0.3) is 0 Å². The number of benzene rings is 1. The van der Waals surface area contributed by atoms with Crippen LogP contribution in [0.2, 0.25) is 0 Å². The van der Waals surface area contributed by atoms with Crippen molar-refractivity contribution in [1.29, 1.82) is 0 Å². The SMILES string of the molecule is Cc1cc(NC(=O)C(C)c2ccccc2)c(C(=O)O)[nH]1. The standard InChI is InChI=1S/C15H16N2O3/c1-9-8-12(13(16-9)15(19)20)17-14(18)10(2)11-6-4-3-5-7-11/h3-8,10,16H,1-2H3,(H,17,18)(H,19,20). The number of hydrogen-bond acceptors (Lipinski definition) is 2. The van der Waals surface area contributed by atoms with Crippen molar-refractivity contribution in [1.82, 2.24) is 4.98 Å². The maximum Gasteiger partial charge on any atom is 0.354 e. The molecule has 1 unspecified atom stereocenters. The molecule has 2 aromatic rings. The topological polar surface area (TPSA) is 82.2 Å². The lowest BCUT2D eigenvalue weighted by Gasteiger charge is -2.12. The Kier molecular flexibility index (Phi) is 3.89. The fourth-order valence-corrected chi connectivity index (χ4v) is 1.99. The minimum absolute atomic E-state index is 0.00360. The van der Waals surface area contributed by atoms with Gasteiger partial charge in [0.2, 0.25) is 5.91 Å². The summed E-state index contributed by atoms with van der Waals surface area (Å²) in [6.07, 6.45) is 0. The molecule has 0 aliphatic heterocycles. The number of nitrogens with one attached hydrogen (secondary N) is 2. The summed E-state index contributed by atoms with van der Waals surface area (Å²) in [5.74, 6) is -1.69. The number of anilines is 1. The maximum atomic E-state index is 12.2. The minimum Gasteiger partial charge on any atom is -0.477 e. The van der Waals surface area contributed by atoms with Crippen molar-refractivity contribution in [2.45, 2.75) is 19.8 Å². The van der Waals surface area contributed by atoms with E-state index in [9.17, 15) is 9.59 Å². The molecule has 2 rings (SSSR count). The first kappa shape index (κ1) is 13.9. The van der Waals surface area contributed by atoms with Crippen LogP contribution in [0.3, 0.4) is 0 Å². The van der Waals surface area contributed by atoms with Crippen molar-refractivity contribution >= 4 is 17.6 Å². The van der Waals surface area contributed by atoms with Gasteiger partial charge < -0.3 is 15.4 Å². The van der Waals surface area contributed by atoms with Crippen molar-refractivity contribution in [3.63, 3.8) is 0 Å². The molecule has 0 radical (unpaired) electrons. The Bertz CT molecular complexity index is 632. The van der Waals surface area contributed by atoms with Crippen LogP contribution in [-0.4, -0.2) is 22.0 Å². The Hall–Kier alpha value is -2.56. The summed E-state index contributed by atoms with van der Waals surface area (Å²) in [6.45, 7) is 3.52. The largest absolute Gasteiger partial charge is 0.477 e. The number of carbonyl (C=O) groups excluding carboxylic acids is 1. The number of carboxylic acids is 1. The fraction of sp³-hybridized carbons (Fsp3) is 0.200. The second kappa shape index (κ2) is 5.61. The van der Waals surface area contributed by atoms with Gasteiger partial charge in [-0.25, -0.2) is 4.79 Å². The van der Waals surface area contributed by atoms with E-state index < -0.39 is 5.97 Å². The molecule has 1 atom stereocenters. The van der Waals surface area contributed by atoms with Gasteiger partial charge in [0.05, 0.1) is 11.6 Å². The zero-order chi connectivity index (χ0) is 14.7. The molecule has 0 saturated carbocycles. The predicted octanol–water partition coefficient (Wildman–Crippen LogP) is 2.76. The average molecular weight is 272 g/mol. The van der Waals surface area contributed by atoms with Crippen LogP contribution in [0.15, 0.2) is 36.4 Å². The predicted molar refractivity (Wildman–Crippen MR) is 76.0 cm³/mol. The number of amides is 1. The number of aromatic nitrogens is 1. The Morgan fingerprint density at radius 1 is 1.25 bits per heavy atom.